The van der Waals surface area contributed by atoms with Crippen LogP contribution in [0.15, 0.2) is 23.5 Å². The lowest BCUT2D eigenvalue weighted by Crippen LogP contribution is -2.14. The van der Waals surface area contributed by atoms with Crippen LogP contribution in [0.25, 0.3) is 0 Å². The standard InChI is InChI=1S/C36H62O/c1-5-9-13-17-20-24-31-28-33(26-22-19-15-11-7-3)36-34(29-31)30-32(25-21-18-14-10-6-2)35(37-36)27-23-16-12-8-4/h28-29H,5-27,30H2,1-4H3. The Labute approximate surface area is 232 Å². The van der Waals surface area contributed by atoms with Gasteiger partial charge in [0.1, 0.15) is 11.5 Å². The minimum Gasteiger partial charge on any atom is -0.461 e. The molecule has 0 saturated carbocycles. The number of benzene rings is 1. The molecule has 0 unspecified atom stereocenters. The van der Waals surface area contributed by atoms with E-state index in [0.29, 0.717) is 0 Å². The van der Waals surface area contributed by atoms with Crippen molar-refractivity contribution in [1.29, 1.82) is 0 Å². The summed E-state index contributed by atoms with van der Waals surface area (Å²) < 4.78 is 6.90. The summed E-state index contributed by atoms with van der Waals surface area (Å²) in [5, 5.41) is 0. The van der Waals surface area contributed by atoms with Gasteiger partial charge >= 0.3 is 0 Å². The zero-order valence-electron chi connectivity index (χ0n) is 25.5. The molecule has 2 rings (SSSR count). The lowest BCUT2D eigenvalue weighted by atomic mass is 9.89. The quantitative estimate of drug-likeness (QED) is 0.133. The van der Waals surface area contributed by atoms with Gasteiger partial charge in [0.2, 0.25) is 0 Å². The van der Waals surface area contributed by atoms with Crippen molar-refractivity contribution in [3.63, 3.8) is 0 Å². The second-order valence-electron chi connectivity index (χ2n) is 11.9. The van der Waals surface area contributed by atoms with Gasteiger partial charge in [0, 0.05) is 12.8 Å². The number of allylic oxidation sites excluding steroid dienone is 2. The smallest absolute Gasteiger partial charge is 0.133 e. The highest BCUT2D eigenvalue weighted by atomic mass is 16.5. The first-order chi connectivity index (χ1) is 18.2. The van der Waals surface area contributed by atoms with Gasteiger partial charge in [-0.3, -0.25) is 0 Å². The third-order valence-corrected chi connectivity index (χ3v) is 8.28. The van der Waals surface area contributed by atoms with E-state index in [1.165, 1.54) is 164 Å². The molecule has 212 valence electrons. The van der Waals surface area contributed by atoms with Crippen molar-refractivity contribution in [1.82, 2.24) is 0 Å². The lowest BCUT2D eigenvalue weighted by Gasteiger charge is -2.27. The van der Waals surface area contributed by atoms with E-state index in [4.69, 9.17) is 4.74 Å². The Morgan fingerprint density at radius 2 is 1.00 bits per heavy atom. The van der Waals surface area contributed by atoms with Gasteiger partial charge in [0.05, 0.1) is 0 Å². The van der Waals surface area contributed by atoms with E-state index in [1.54, 1.807) is 11.1 Å². The fraction of sp³-hybridized carbons (Fsp3) is 0.778. The van der Waals surface area contributed by atoms with Crippen molar-refractivity contribution in [3.05, 3.63) is 40.2 Å². The van der Waals surface area contributed by atoms with E-state index in [-0.39, 0.29) is 0 Å². The molecule has 1 aliphatic rings. The van der Waals surface area contributed by atoms with Crippen molar-refractivity contribution in [2.75, 3.05) is 0 Å². The summed E-state index contributed by atoms with van der Waals surface area (Å²) in [6.45, 7) is 9.24. The first kappa shape index (κ1) is 32.0. The molecule has 1 aromatic rings. The van der Waals surface area contributed by atoms with Gasteiger partial charge in [0.15, 0.2) is 0 Å². The van der Waals surface area contributed by atoms with E-state index < -0.39 is 0 Å². The van der Waals surface area contributed by atoms with Crippen LogP contribution >= 0.6 is 0 Å². The first-order valence-corrected chi connectivity index (χ1v) is 16.8. The van der Waals surface area contributed by atoms with Gasteiger partial charge in [-0.25, -0.2) is 0 Å². The zero-order chi connectivity index (χ0) is 26.6. The normalized spacial score (nSPS) is 13.2. The highest BCUT2D eigenvalue weighted by Gasteiger charge is 2.23. The van der Waals surface area contributed by atoms with Gasteiger partial charge in [-0.15, -0.1) is 0 Å². The number of aryl methyl sites for hydroxylation is 2. The molecular weight excluding hydrogens is 448 g/mol. The largest absolute Gasteiger partial charge is 0.461 e. The predicted molar refractivity (Wildman–Crippen MR) is 165 cm³/mol. The number of fused-ring (bicyclic) bond motifs is 1. The molecule has 0 saturated heterocycles. The molecule has 1 aliphatic heterocycles. The molecule has 0 spiro atoms. The summed E-state index contributed by atoms with van der Waals surface area (Å²) >= 11 is 0. The monoisotopic (exact) mass is 510 g/mol. The van der Waals surface area contributed by atoms with Crippen LogP contribution in [0, 0.1) is 0 Å². The molecule has 1 heterocycles. The van der Waals surface area contributed by atoms with Gasteiger partial charge in [-0.2, -0.15) is 0 Å². The second kappa shape index (κ2) is 20.7. The van der Waals surface area contributed by atoms with Crippen molar-refractivity contribution in [2.24, 2.45) is 0 Å². The Morgan fingerprint density at radius 1 is 0.514 bits per heavy atom. The molecular formula is C36H62O. The molecule has 1 heteroatoms. The highest BCUT2D eigenvalue weighted by Crippen LogP contribution is 2.39. The van der Waals surface area contributed by atoms with Gasteiger partial charge in [-0.1, -0.05) is 136 Å². The predicted octanol–water partition coefficient (Wildman–Crippen LogP) is 12.2. The van der Waals surface area contributed by atoms with Crippen LogP contribution in [0.4, 0.5) is 0 Å². The minimum atomic E-state index is 1.14. The summed E-state index contributed by atoms with van der Waals surface area (Å²) in [5.41, 5.74) is 6.19. The van der Waals surface area contributed by atoms with Crippen LogP contribution in [-0.4, -0.2) is 0 Å². The van der Waals surface area contributed by atoms with Crippen LogP contribution < -0.4 is 4.74 Å². The maximum atomic E-state index is 6.90. The average molecular weight is 511 g/mol. The first-order valence-electron chi connectivity index (χ1n) is 16.8. The number of hydrogen-bond acceptors (Lipinski definition) is 1. The molecule has 0 fully saturated rings. The molecule has 0 aliphatic carbocycles. The average Bonchev–Trinajstić information content (AvgIpc) is 2.90. The Bertz CT molecular complexity index is 743. The molecule has 37 heavy (non-hydrogen) atoms. The van der Waals surface area contributed by atoms with Crippen LogP contribution in [0.5, 0.6) is 5.75 Å². The van der Waals surface area contributed by atoms with Crippen LogP contribution in [-0.2, 0) is 19.3 Å². The number of hydrogen-bond donors (Lipinski definition) is 0. The third-order valence-electron chi connectivity index (χ3n) is 8.28. The second-order valence-corrected chi connectivity index (χ2v) is 11.9. The Balaban J connectivity index is 2.16. The van der Waals surface area contributed by atoms with Crippen molar-refractivity contribution < 1.29 is 4.74 Å². The number of rotatable bonds is 23. The minimum absolute atomic E-state index is 1.14. The third kappa shape index (κ3) is 12.9. The van der Waals surface area contributed by atoms with Gasteiger partial charge in [-0.05, 0) is 67.2 Å². The van der Waals surface area contributed by atoms with Crippen LogP contribution in [0.3, 0.4) is 0 Å². The highest BCUT2D eigenvalue weighted by molar-refractivity contribution is 5.50. The summed E-state index contributed by atoms with van der Waals surface area (Å²) in [4.78, 5) is 0. The Hall–Kier alpha value is -1.24. The van der Waals surface area contributed by atoms with Crippen molar-refractivity contribution in [3.8, 4) is 5.75 Å². The van der Waals surface area contributed by atoms with Crippen molar-refractivity contribution >= 4 is 0 Å². The lowest BCUT2D eigenvalue weighted by molar-refractivity contribution is 0.364. The molecule has 0 atom stereocenters. The number of ether oxygens (including phenoxy) is 1. The zero-order valence-corrected chi connectivity index (χ0v) is 25.5. The van der Waals surface area contributed by atoms with E-state index in [0.717, 1.165) is 12.8 Å². The van der Waals surface area contributed by atoms with Gasteiger partial charge < -0.3 is 4.74 Å². The van der Waals surface area contributed by atoms with E-state index in [1.807, 2.05) is 0 Å². The maximum absolute atomic E-state index is 6.90. The molecule has 1 aromatic carbocycles. The summed E-state index contributed by atoms with van der Waals surface area (Å²) in [5.74, 6) is 2.60. The summed E-state index contributed by atoms with van der Waals surface area (Å²) in [6, 6.07) is 5.06. The molecule has 1 nitrogen and oxygen atoms in total. The molecule has 0 bridgehead atoms. The van der Waals surface area contributed by atoms with Gasteiger partial charge in [0.25, 0.3) is 0 Å². The fourth-order valence-corrected chi connectivity index (χ4v) is 5.90. The summed E-state index contributed by atoms with van der Waals surface area (Å²) in [7, 11) is 0. The van der Waals surface area contributed by atoms with E-state index in [2.05, 4.69) is 39.8 Å². The molecule has 0 N–H and O–H groups in total. The Kier molecular flexibility index (Phi) is 17.9. The van der Waals surface area contributed by atoms with Crippen molar-refractivity contribution in [2.45, 2.75) is 182 Å². The van der Waals surface area contributed by atoms with Crippen LogP contribution in [0.2, 0.25) is 0 Å². The van der Waals surface area contributed by atoms with E-state index in [9.17, 15) is 0 Å². The fourth-order valence-electron chi connectivity index (χ4n) is 5.90. The summed E-state index contributed by atoms with van der Waals surface area (Å²) in [6.07, 6.45) is 31.5. The SMILES string of the molecule is CCCCCCCC1=C(CCCCCC)Oc2c(CCCCCCC)cc(CCCCCCC)cc2C1. The van der Waals surface area contributed by atoms with E-state index >= 15 is 0 Å². The topological polar surface area (TPSA) is 9.23 Å². The molecule has 0 aromatic heterocycles. The molecule has 0 radical (unpaired) electrons. The Morgan fingerprint density at radius 3 is 1.59 bits per heavy atom. The van der Waals surface area contributed by atoms with Crippen LogP contribution in [0.1, 0.15) is 179 Å². The maximum Gasteiger partial charge on any atom is 0.133 e. The molecule has 0 amide bonds. The number of unbranched alkanes of at least 4 members (excludes halogenated alkanes) is 15.